The van der Waals surface area contributed by atoms with Crippen LogP contribution in [0.15, 0.2) is 34.7 Å². The van der Waals surface area contributed by atoms with Crippen molar-refractivity contribution in [2.45, 2.75) is 58.0 Å². The van der Waals surface area contributed by atoms with Gasteiger partial charge in [0.15, 0.2) is 5.78 Å². The van der Waals surface area contributed by atoms with Crippen LogP contribution in [0.4, 0.5) is 0 Å². The van der Waals surface area contributed by atoms with Crippen LogP contribution in [0.3, 0.4) is 0 Å². The van der Waals surface area contributed by atoms with Gasteiger partial charge in [-0.3, -0.25) is 4.79 Å². The molecular formula is C21H28O5. The molecule has 1 heterocycles. The molecule has 0 aliphatic heterocycles. The number of hydrogen-bond donors (Lipinski definition) is 1. The average molecular weight is 360 g/mol. The highest BCUT2D eigenvalue weighted by atomic mass is 16.5. The summed E-state index contributed by atoms with van der Waals surface area (Å²) in [5, 5.41) is 11.5. The summed E-state index contributed by atoms with van der Waals surface area (Å²) in [7, 11) is 1.37. The second-order valence-corrected chi connectivity index (χ2v) is 8.19. The summed E-state index contributed by atoms with van der Waals surface area (Å²) in [6.45, 7) is 4.29. The molecule has 0 unspecified atom stereocenters. The van der Waals surface area contributed by atoms with Crippen molar-refractivity contribution in [3.8, 4) is 0 Å². The SMILES string of the molecule is COC(=O)C1=CCC[C@H]2[C@](O)(CC[C@@H](C)[C@]2(C)CC(=O)c2ccoc2)C1. The van der Waals surface area contributed by atoms with Crippen LogP contribution in [-0.4, -0.2) is 29.6 Å². The number of methoxy groups -OCH3 is 1. The lowest BCUT2D eigenvalue weighted by atomic mass is 9.52. The number of carbonyl (C=O) groups is 2. The molecular weight excluding hydrogens is 332 g/mol. The van der Waals surface area contributed by atoms with Crippen LogP contribution in [0, 0.1) is 17.3 Å². The van der Waals surface area contributed by atoms with Gasteiger partial charge < -0.3 is 14.3 Å². The molecule has 0 bridgehead atoms. The van der Waals surface area contributed by atoms with Gasteiger partial charge in [-0.1, -0.05) is 19.9 Å². The number of furan rings is 1. The molecule has 2 aliphatic carbocycles. The molecule has 0 spiro atoms. The molecule has 1 aromatic rings. The van der Waals surface area contributed by atoms with Gasteiger partial charge in [0.2, 0.25) is 0 Å². The Bertz CT molecular complexity index is 704. The molecule has 0 aromatic carbocycles. The minimum Gasteiger partial charge on any atom is -0.472 e. The monoisotopic (exact) mass is 360 g/mol. The Morgan fingerprint density at radius 1 is 1.38 bits per heavy atom. The summed E-state index contributed by atoms with van der Waals surface area (Å²) < 4.78 is 9.93. The smallest absolute Gasteiger partial charge is 0.333 e. The standard InChI is InChI=1S/C21H28O5/c1-14-7-9-21(24)11-15(19(23)25-3)5-4-6-18(21)20(14,2)12-17(22)16-8-10-26-13-16/h5,8,10,13-14,18,24H,4,6-7,9,11-12H2,1-3H3/t14-,18-,20+,21+/m1/s1. The maximum Gasteiger partial charge on any atom is 0.333 e. The third-order valence-corrected chi connectivity index (χ3v) is 6.76. The van der Waals surface area contributed by atoms with Crippen LogP contribution in [0.5, 0.6) is 0 Å². The van der Waals surface area contributed by atoms with E-state index in [-0.39, 0.29) is 23.1 Å². The van der Waals surface area contributed by atoms with E-state index in [0.717, 1.165) is 12.8 Å². The third-order valence-electron chi connectivity index (χ3n) is 6.76. The first kappa shape index (κ1) is 18.9. The summed E-state index contributed by atoms with van der Waals surface area (Å²) in [4.78, 5) is 24.8. The zero-order chi connectivity index (χ0) is 18.9. The van der Waals surface area contributed by atoms with Crippen LogP contribution < -0.4 is 0 Å². The van der Waals surface area contributed by atoms with E-state index in [1.54, 1.807) is 6.07 Å². The van der Waals surface area contributed by atoms with Gasteiger partial charge >= 0.3 is 5.97 Å². The molecule has 5 nitrogen and oxygen atoms in total. The number of rotatable bonds is 4. The predicted molar refractivity (Wildman–Crippen MR) is 96.6 cm³/mol. The minimum atomic E-state index is -0.978. The Morgan fingerprint density at radius 2 is 2.15 bits per heavy atom. The Hall–Kier alpha value is -1.88. The summed E-state index contributed by atoms with van der Waals surface area (Å²) in [6, 6.07) is 1.69. The first-order chi connectivity index (χ1) is 12.3. The number of hydrogen-bond acceptors (Lipinski definition) is 5. The van der Waals surface area contributed by atoms with Gasteiger partial charge in [0.25, 0.3) is 0 Å². The van der Waals surface area contributed by atoms with Gasteiger partial charge in [0.05, 0.1) is 24.5 Å². The van der Waals surface area contributed by atoms with Gasteiger partial charge in [-0.25, -0.2) is 4.79 Å². The molecule has 4 atom stereocenters. The molecule has 1 aromatic heterocycles. The topological polar surface area (TPSA) is 76.7 Å². The van der Waals surface area contributed by atoms with Crippen molar-refractivity contribution < 1.29 is 23.8 Å². The minimum absolute atomic E-state index is 0.0442. The van der Waals surface area contributed by atoms with Gasteiger partial charge in [-0.15, -0.1) is 0 Å². The van der Waals surface area contributed by atoms with Crippen LogP contribution in [0.2, 0.25) is 0 Å². The van der Waals surface area contributed by atoms with Crippen molar-refractivity contribution in [2.75, 3.05) is 7.11 Å². The van der Waals surface area contributed by atoms with E-state index in [1.807, 2.05) is 6.08 Å². The van der Waals surface area contributed by atoms with Crippen LogP contribution >= 0.6 is 0 Å². The van der Waals surface area contributed by atoms with Crippen molar-refractivity contribution >= 4 is 11.8 Å². The number of esters is 1. The number of fused-ring (bicyclic) bond motifs is 1. The summed E-state index contributed by atoms with van der Waals surface area (Å²) in [5.74, 6) is -0.0621. The van der Waals surface area contributed by atoms with Crippen LogP contribution in [0.1, 0.15) is 62.7 Å². The van der Waals surface area contributed by atoms with Crippen LogP contribution in [0.25, 0.3) is 0 Å². The molecule has 2 aliphatic rings. The molecule has 0 saturated heterocycles. The largest absolute Gasteiger partial charge is 0.472 e. The van der Waals surface area contributed by atoms with Crippen molar-refractivity contribution in [1.82, 2.24) is 0 Å². The van der Waals surface area contributed by atoms with Crippen molar-refractivity contribution in [3.05, 3.63) is 35.8 Å². The molecule has 0 radical (unpaired) electrons. The molecule has 1 saturated carbocycles. The first-order valence-corrected chi connectivity index (χ1v) is 9.35. The van der Waals surface area contributed by atoms with Gasteiger partial charge in [-0.05, 0) is 49.0 Å². The van der Waals surface area contributed by atoms with Crippen LogP contribution in [-0.2, 0) is 9.53 Å². The molecule has 1 N–H and O–H groups in total. The molecule has 142 valence electrons. The molecule has 1 fully saturated rings. The van der Waals surface area contributed by atoms with E-state index in [1.165, 1.54) is 19.6 Å². The summed E-state index contributed by atoms with van der Waals surface area (Å²) >= 11 is 0. The van der Waals surface area contributed by atoms with E-state index in [4.69, 9.17) is 9.15 Å². The predicted octanol–water partition coefficient (Wildman–Crippen LogP) is 3.92. The van der Waals surface area contributed by atoms with Gasteiger partial charge in [-0.2, -0.15) is 0 Å². The Balaban J connectivity index is 1.89. The molecule has 26 heavy (non-hydrogen) atoms. The second-order valence-electron chi connectivity index (χ2n) is 8.19. The van der Waals surface area contributed by atoms with E-state index < -0.39 is 5.60 Å². The third kappa shape index (κ3) is 3.25. The number of ketones is 1. The lowest BCUT2D eigenvalue weighted by molar-refractivity contribution is -0.143. The van der Waals surface area contributed by atoms with Crippen molar-refractivity contribution in [3.63, 3.8) is 0 Å². The quantitative estimate of drug-likeness (QED) is 0.650. The zero-order valence-electron chi connectivity index (χ0n) is 15.8. The number of ether oxygens (including phenoxy) is 1. The van der Waals surface area contributed by atoms with E-state index >= 15 is 0 Å². The van der Waals surface area contributed by atoms with E-state index in [9.17, 15) is 14.7 Å². The molecule has 3 rings (SSSR count). The average Bonchev–Trinajstić information content (AvgIpc) is 3.08. The fourth-order valence-electron chi connectivity index (χ4n) is 5.02. The highest BCUT2D eigenvalue weighted by Gasteiger charge is 2.55. The molecule has 5 heteroatoms. The first-order valence-electron chi connectivity index (χ1n) is 9.35. The maximum absolute atomic E-state index is 12.8. The number of aliphatic hydroxyl groups is 1. The highest BCUT2D eigenvalue weighted by Crippen LogP contribution is 2.56. The number of Topliss-reactive ketones (excluding diaryl/α,β-unsaturated/α-hetero) is 1. The Morgan fingerprint density at radius 3 is 2.81 bits per heavy atom. The number of carbonyl (C=O) groups excluding carboxylic acids is 2. The van der Waals surface area contributed by atoms with Crippen molar-refractivity contribution in [1.29, 1.82) is 0 Å². The van der Waals surface area contributed by atoms with E-state index in [0.29, 0.717) is 42.7 Å². The zero-order valence-corrected chi connectivity index (χ0v) is 15.8. The fraction of sp³-hybridized carbons (Fsp3) is 0.619. The second kappa shape index (κ2) is 7.03. The Kier molecular flexibility index (Phi) is 5.11. The van der Waals surface area contributed by atoms with Crippen molar-refractivity contribution in [2.24, 2.45) is 17.3 Å². The lowest BCUT2D eigenvalue weighted by Gasteiger charge is -2.54. The fourth-order valence-corrected chi connectivity index (χ4v) is 5.02. The van der Waals surface area contributed by atoms with Gasteiger partial charge in [0.1, 0.15) is 6.26 Å². The lowest BCUT2D eigenvalue weighted by Crippen LogP contribution is -2.54. The normalized spacial score (nSPS) is 34.4. The number of allylic oxidation sites excluding steroid dienone is 1. The maximum atomic E-state index is 12.8. The summed E-state index contributed by atoms with van der Waals surface area (Å²) in [5.41, 5.74) is -0.181. The summed E-state index contributed by atoms with van der Waals surface area (Å²) in [6.07, 6.45) is 8.49. The Labute approximate surface area is 154 Å². The molecule has 0 amide bonds. The van der Waals surface area contributed by atoms with Gasteiger partial charge in [0, 0.05) is 18.4 Å². The highest BCUT2D eigenvalue weighted by molar-refractivity contribution is 5.96. The van der Waals surface area contributed by atoms with E-state index in [2.05, 4.69) is 13.8 Å².